The number of nitrogens with zero attached hydrogens (tertiary/aromatic N) is 1. The molecule has 1 aromatic carbocycles. The first-order chi connectivity index (χ1) is 8.47. The molecule has 4 nitrogen and oxygen atoms in total. The second kappa shape index (κ2) is 6.99. The van der Waals surface area contributed by atoms with Gasteiger partial charge in [-0.15, -0.1) is 0 Å². The van der Waals surface area contributed by atoms with Crippen LogP contribution in [0.3, 0.4) is 0 Å². The Kier molecular flexibility index (Phi) is 5.95. The summed E-state index contributed by atoms with van der Waals surface area (Å²) in [5.74, 6) is 0.230. The molecule has 0 aromatic heterocycles. The van der Waals surface area contributed by atoms with Gasteiger partial charge in [-0.05, 0) is 62.9 Å². The minimum atomic E-state index is 0.121. The van der Waals surface area contributed by atoms with Crippen molar-refractivity contribution >= 4 is 43.4 Å². The molecule has 0 heterocycles. The Bertz CT molecular complexity index is 426. The van der Waals surface area contributed by atoms with E-state index in [9.17, 15) is 0 Å². The van der Waals surface area contributed by atoms with Crippen LogP contribution in [0, 0.1) is 6.92 Å². The first-order valence-electron chi connectivity index (χ1n) is 5.66. The Hall–Kier alpha value is -0.750. The van der Waals surface area contributed by atoms with Gasteiger partial charge in [-0.1, -0.05) is 12.1 Å². The lowest BCUT2D eigenvalue weighted by Gasteiger charge is -2.20. The van der Waals surface area contributed by atoms with Crippen LogP contribution in [0.5, 0.6) is 0 Å². The largest absolute Gasteiger partial charge is 0.409 e. The molecule has 0 radical (unpaired) electrons. The van der Waals surface area contributed by atoms with E-state index in [1.165, 1.54) is 5.56 Å². The first-order valence-corrected chi connectivity index (χ1v) is 7.25. The minimum absolute atomic E-state index is 0.121. The Morgan fingerprint density at radius 2 is 2.00 bits per heavy atom. The van der Waals surface area contributed by atoms with Crippen molar-refractivity contribution < 1.29 is 5.21 Å². The van der Waals surface area contributed by atoms with Gasteiger partial charge in [0.2, 0.25) is 0 Å². The van der Waals surface area contributed by atoms with E-state index in [1.807, 2.05) is 19.1 Å². The van der Waals surface area contributed by atoms with Crippen LogP contribution in [0.15, 0.2) is 26.2 Å². The maximum absolute atomic E-state index is 8.61. The summed E-state index contributed by atoms with van der Waals surface area (Å²) in [6.45, 7) is 4.09. The zero-order valence-electron chi connectivity index (χ0n) is 10.4. The predicted molar refractivity (Wildman–Crippen MR) is 82.3 cm³/mol. The number of rotatable bonds is 5. The Labute approximate surface area is 124 Å². The van der Waals surface area contributed by atoms with Crippen LogP contribution < -0.4 is 11.1 Å². The van der Waals surface area contributed by atoms with Crippen molar-refractivity contribution in [3.63, 3.8) is 0 Å². The lowest BCUT2D eigenvalue weighted by molar-refractivity contribution is 0.316. The number of benzene rings is 1. The average molecular weight is 379 g/mol. The van der Waals surface area contributed by atoms with Gasteiger partial charge in [-0.25, -0.2) is 0 Å². The fourth-order valence-electron chi connectivity index (χ4n) is 1.63. The van der Waals surface area contributed by atoms with Gasteiger partial charge >= 0.3 is 0 Å². The first kappa shape index (κ1) is 15.3. The third-order valence-corrected chi connectivity index (χ3v) is 3.86. The lowest BCUT2D eigenvalue weighted by Crippen LogP contribution is -2.26. The van der Waals surface area contributed by atoms with Crippen molar-refractivity contribution in [1.82, 2.24) is 0 Å². The summed E-state index contributed by atoms with van der Waals surface area (Å²) in [7, 11) is 0. The summed E-state index contributed by atoms with van der Waals surface area (Å²) >= 11 is 7.07. The van der Waals surface area contributed by atoms with E-state index in [0.29, 0.717) is 6.42 Å². The van der Waals surface area contributed by atoms with E-state index in [0.717, 1.165) is 21.1 Å². The fraction of sp³-hybridized carbons (Fsp3) is 0.417. The SMILES string of the molecule is CCC(CC(N)=NO)Nc1c(Br)cc(C)cc1Br. The molecule has 0 spiro atoms. The molecule has 1 aromatic rings. The smallest absolute Gasteiger partial charge is 0.141 e. The molecule has 0 amide bonds. The Morgan fingerprint density at radius 1 is 1.44 bits per heavy atom. The summed E-state index contributed by atoms with van der Waals surface area (Å²) in [6, 6.07) is 4.21. The number of nitrogens with one attached hydrogen (secondary N) is 1. The van der Waals surface area contributed by atoms with E-state index in [1.54, 1.807) is 0 Å². The summed E-state index contributed by atoms with van der Waals surface area (Å²) in [5.41, 5.74) is 7.69. The molecule has 1 atom stereocenters. The number of nitrogens with two attached hydrogens (primary N) is 1. The van der Waals surface area contributed by atoms with Crippen molar-refractivity contribution in [3.05, 3.63) is 26.6 Å². The zero-order valence-corrected chi connectivity index (χ0v) is 13.5. The van der Waals surface area contributed by atoms with Crippen molar-refractivity contribution in [2.75, 3.05) is 5.32 Å². The van der Waals surface area contributed by atoms with E-state index >= 15 is 0 Å². The van der Waals surface area contributed by atoms with E-state index < -0.39 is 0 Å². The molecule has 0 saturated carbocycles. The van der Waals surface area contributed by atoms with Crippen molar-refractivity contribution in [2.45, 2.75) is 32.7 Å². The van der Waals surface area contributed by atoms with Crippen LogP contribution in [0.4, 0.5) is 5.69 Å². The molecule has 0 aliphatic heterocycles. The highest BCUT2D eigenvalue weighted by Gasteiger charge is 2.13. The second-order valence-corrected chi connectivity index (χ2v) is 5.86. The lowest BCUT2D eigenvalue weighted by atomic mass is 10.1. The van der Waals surface area contributed by atoms with Gasteiger partial charge in [0.1, 0.15) is 5.84 Å². The molecule has 1 unspecified atom stereocenters. The number of anilines is 1. The molecule has 18 heavy (non-hydrogen) atoms. The molecule has 100 valence electrons. The summed E-state index contributed by atoms with van der Waals surface area (Å²) in [6.07, 6.45) is 1.38. The summed E-state index contributed by atoms with van der Waals surface area (Å²) in [5, 5.41) is 15.0. The molecule has 0 aliphatic carbocycles. The topological polar surface area (TPSA) is 70.6 Å². The number of oxime groups is 1. The average Bonchev–Trinajstić information content (AvgIpc) is 2.31. The van der Waals surface area contributed by atoms with Crippen molar-refractivity contribution in [3.8, 4) is 0 Å². The number of halogens is 2. The van der Waals surface area contributed by atoms with Gasteiger partial charge in [-0.2, -0.15) is 0 Å². The van der Waals surface area contributed by atoms with Gasteiger partial charge in [0.05, 0.1) is 5.69 Å². The molecular formula is C12H17Br2N3O. The minimum Gasteiger partial charge on any atom is -0.409 e. The van der Waals surface area contributed by atoms with Crippen molar-refractivity contribution in [2.24, 2.45) is 10.9 Å². The number of aryl methyl sites for hydroxylation is 1. The third-order valence-electron chi connectivity index (χ3n) is 2.61. The third kappa shape index (κ3) is 4.17. The normalized spacial score (nSPS) is 13.4. The van der Waals surface area contributed by atoms with Crippen LogP contribution in [-0.2, 0) is 0 Å². The Morgan fingerprint density at radius 3 is 2.44 bits per heavy atom. The Balaban J connectivity index is 2.88. The maximum Gasteiger partial charge on any atom is 0.141 e. The number of hydrogen-bond acceptors (Lipinski definition) is 3. The molecule has 6 heteroatoms. The molecular weight excluding hydrogens is 362 g/mol. The van der Waals surface area contributed by atoms with Gasteiger partial charge in [0, 0.05) is 21.4 Å². The molecule has 0 saturated heterocycles. The van der Waals surface area contributed by atoms with Crippen LogP contribution in [0.1, 0.15) is 25.3 Å². The van der Waals surface area contributed by atoms with Gasteiger partial charge in [0.25, 0.3) is 0 Å². The second-order valence-electron chi connectivity index (χ2n) is 4.15. The van der Waals surface area contributed by atoms with Gasteiger partial charge in [0.15, 0.2) is 0 Å². The highest BCUT2D eigenvalue weighted by atomic mass is 79.9. The van der Waals surface area contributed by atoms with E-state index in [4.69, 9.17) is 10.9 Å². The van der Waals surface area contributed by atoms with Crippen LogP contribution in [0.25, 0.3) is 0 Å². The summed E-state index contributed by atoms with van der Waals surface area (Å²) in [4.78, 5) is 0. The van der Waals surface area contributed by atoms with Crippen molar-refractivity contribution in [1.29, 1.82) is 0 Å². The molecule has 1 rings (SSSR count). The van der Waals surface area contributed by atoms with Gasteiger partial charge < -0.3 is 16.3 Å². The maximum atomic E-state index is 8.61. The van der Waals surface area contributed by atoms with E-state index in [-0.39, 0.29) is 11.9 Å². The predicted octanol–water partition coefficient (Wildman–Crippen LogP) is 3.85. The van der Waals surface area contributed by atoms with E-state index in [2.05, 4.69) is 49.3 Å². The number of hydrogen-bond donors (Lipinski definition) is 3. The zero-order chi connectivity index (χ0) is 13.7. The van der Waals surface area contributed by atoms with Crippen LogP contribution >= 0.6 is 31.9 Å². The standard InChI is InChI=1S/C12H17Br2N3O/c1-3-8(6-11(15)17-18)16-12-9(13)4-7(2)5-10(12)14/h4-5,8,16,18H,3,6H2,1-2H3,(H2,15,17). The van der Waals surface area contributed by atoms with Crippen LogP contribution in [-0.4, -0.2) is 17.1 Å². The molecule has 0 fully saturated rings. The van der Waals surface area contributed by atoms with Gasteiger partial charge in [-0.3, -0.25) is 0 Å². The summed E-state index contributed by atoms with van der Waals surface area (Å²) < 4.78 is 1.99. The number of amidine groups is 1. The molecule has 0 aliphatic rings. The molecule has 4 N–H and O–H groups in total. The fourth-order valence-corrected chi connectivity index (χ4v) is 3.28. The molecule has 0 bridgehead atoms. The quantitative estimate of drug-likeness (QED) is 0.315. The monoisotopic (exact) mass is 377 g/mol. The highest BCUT2D eigenvalue weighted by molar-refractivity contribution is 9.11. The van der Waals surface area contributed by atoms with Crippen LogP contribution in [0.2, 0.25) is 0 Å². The highest BCUT2D eigenvalue weighted by Crippen LogP contribution is 2.33.